The molecule has 2 amide bonds. The summed E-state index contributed by atoms with van der Waals surface area (Å²) in [6.45, 7) is 0.533. The Morgan fingerprint density at radius 2 is 1.81 bits per heavy atom. The van der Waals surface area contributed by atoms with Crippen molar-refractivity contribution in [2.45, 2.75) is 12.8 Å². The molecule has 0 aliphatic rings. The monoisotopic (exact) mass is 398 g/mol. The Bertz CT molecular complexity index is 911. The first kappa shape index (κ1) is 19.1. The second-order valence-corrected chi connectivity index (χ2v) is 7.43. The van der Waals surface area contributed by atoms with Crippen LogP contribution in [0.3, 0.4) is 0 Å². The average Bonchev–Trinajstić information content (AvgIpc) is 3.17. The van der Waals surface area contributed by atoms with Crippen LogP contribution in [-0.2, 0) is 17.6 Å². The number of amides is 2. The molecule has 0 saturated heterocycles. The number of carbonyl (C=O) groups excluding carboxylic acids is 2. The lowest BCUT2D eigenvalue weighted by Gasteiger charge is -2.10. The predicted octanol–water partition coefficient (Wildman–Crippen LogP) is 4.56. The molecule has 1 aromatic heterocycles. The van der Waals surface area contributed by atoms with E-state index >= 15 is 0 Å². The molecule has 2 aromatic carbocycles. The fourth-order valence-corrected chi connectivity index (χ4v) is 3.46. The molecule has 0 fully saturated rings. The molecule has 0 spiro atoms. The van der Waals surface area contributed by atoms with Gasteiger partial charge in [0.05, 0.1) is 17.1 Å². The minimum atomic E-state index is -0.198. The topological polar surface area (TPSA) is 58.2 Å². The summed E-state index contributed by atoms with van der Waals surface area (Å²) in [5.41, 5.74) is 2.06. The zero-order valence-corrected chi connectivity index (χ0v) is 16.1. The van der Waals surface area contributed by atoms with Crippen LogP contribution < -0.4 is 10.6 Å². The third-order valence-corrected chi connectivity index (χ3v) is 5.17. The van der Waals surface area contributed by atoms with Crippen LogP contribution in [0.1, 0.15) is 20.8 Å². The summed E-state index contributed by atoms with van der Waals surface area (Å²) in [7, 11) is 0. The van der Waals surface area contributed by atoms with Crippen LogP contribution in [0.5, 0.6) is 0 Å². The fraction of sp³-hybridized carbons (Fsp3) is 0.143. The molecule has 4 nitrogen and oxygen atoms in total. The van der Waals surface area contributed by atoms with Crippen molar-refractivity contribution in [2.24, 2.45) is 0 Å². The van der Waals surface area contributed by atoms with Gasteiger partial charge < -0.3 is 10.6 Å². The van der Waals surface area contributed by atoms with E-state index in [1.165, 1.54) is 11.3 Å². The summed E-state index contributed by atoms with van der Waals surface area (Å²) in [6, 6.07) is 18.6. The SMILES string of the molecule is O=C(Cc1cccs1)Nc1cc(C(=O)NCCc2ccccc2)ccc1Cl. The summed E-state index contributed by atoms with van der Waals surface area (Å²) in [6.07, 6.45) is 1.03. The van der Waals surface area contributed by atoms with Crippen molar-refractivity contribution in [1.29, 1.82) is 0 Å². The van der Waals surface area contributed by atoms with Gasteiger partial charge >= 0.3 is 0 Å². The maximum Gasteiger partial charge on any atom is 0.251 e. The van der Waals surface area contributed by atoms with Gasteiger partial charge in [-0.1, -0.05) is 48.0 Å². The summed E-state index contributed by atoms with van der Waals surface area (Å²) in [5, 5.41) is 8.00. The van der Waals surface area contributed by atoms with Crippen LogP contribution in [0.2, 0.25) is 5.02 Å². The molecule has 27 heavy (non-hydrogen) atoms. The number of benzene rings is 2. The van der Waals surface area contributed by atoms with Crippen LogP contribution in [0.15, 0.2) is 66.0 Å². The maximum absolute atomic E-state index is 12.4. The van der Waals surface area contributed by atoms with E-state index in [2.05, 4.69) is 10.6 Å². The van der Waals surface area contributed by atoms with Gasteiger partial charge in [-0.15, -0.1) is 11.3 Å². The van der Waals surface area contributed by atoms with Crippen molar-refractivity contribution >= 4 is 40.4 Å². The van der Waals surface area contributed by atoms with Gasteiger partial charge in [-0.2, -0.15) is 0 Å². The van der Waals surface area contributed by atoms with E-state index in [1.807, 2.05) is 47.8 Å². The Kier molecular flexibility index (Phi) is 6.63. The van der Waals surface area contributed by atoms with Crippen molar-refractivity contribution in [3.8, 4) is 0 Å². The summed E-state index contributed by atoms with van der Waals surface area (Å²) >= 11 is 7.69. The molecule has 0 aliphatic heterocycles. The molecule has 6 heteroatoms. The molecule has 0 unspecified atom stereocenters. The molecule has 0 aliphatic carbocycles. The fourth-order valence-electron chi connectivity index (χ4n) is 2.60. The largest absolute Gasteiger partial charge is 0.352 e. The van der Waals surface area contributed by atoms with E-state index in [0.29, 0.717) is 22.8 Å². The van der Waals surface area contributed by atoms with Gasteiger partial charge in [0.1, 0.15) is 0 Å². The van der Waals surface area contributed by atoms with Gasteiger partial charge in [0.15, 0.2) is 0 Å². The quantitative estimate of drug-likeness (QED) is 0.613. The van der Waals surface area contributed by atoms with Crippen molar-refractivity contribution in [3.05, 3.63) is 87.1 Å². The number of thiophene rings is 1. The van der Waals surface area contributed by atoms with E-state index in [4.69, 9.17) is 11.6 Å². The minimum Gasteiger partial charge on any atom is -0.352 e. The van der Waals surface area contributed by atoms with Crippen LogP contribution in [-0.4, -0.2) is 18.4 Å². The standard InChI is InChI=1S/C21H19ClN2O2S/c22-18-9-8-16(21(26)23-11-10-15-5-2-1-3-6-15)13-19(18)24-20(25)14-17-7-4-12-27-17/h1-9,12-13H,10-11,14H2,(H,23,26)(H,24,25). The lowest BCUT2D eigenvalue weighted by atomic mass is 10.1. The predicted molar refractivity (Wildman–Crippen MR) is 111 cm³/mol. The van der Waals surface area contributed by atoms with Gasteiger partial charge in [0.25, 0.3) is 5.91 Å². The van der Waals surface area contributed by atoms with Crippen LogP contribution in [0.4, 0.5) is 5.69 Å². The maximum atomic E-state index is 12.4. The molecule has 0 atom stereocenters. The number of hydrogen-bond donors (Lipinski definition) is 2. The lowest BCUT2D eigenvalue weighted by Crippen LogP contribution is -2.26. The number of nitrogens with one attached hydrogen (secondary N) is 2. The molecule has 3 aromatic rings. The first-order chi connectivity index (χ1) is 13.1. The zero-order chi connectivity index (χ0) is 19.1. The highest BCUT2D eigenvalue weighted by Crippen LogP contribution is 2.23. The highest BCUT2D eigenvalue weighted by atomic mass is 35.5. The first-order valence-corrected chi connectivity index (χ1v) is 9.81. The number of hydrogen-bond acceptors (Lipinski definition) is 3. The zero-order valence-electron chi connectivity index (χ0n) is 14.6. The number of rotatable bonds is 7. The molecule has 0 bridgehead atoms. The van der Waals surface area contributed by atoms with Gasteiger partial charge in [0, 0.05) is 17.0 Å². The van der Waals surface area contributed by atoms with Gasteiger partial charge in [-0.25, -0.2) is 0 Å². The number of anilines is 1. The van der Waals surface area contributed by atoms with Gasteiger partial charge in [-0.05, 0) is 41.6 Å². The second kappa shape index (κ2) is 9.35. The van der Waals surface area contributed by atoms with E-state index in [1.54, 1.807) is 18.2 Å². The van der Waals surface area contributed by atoms with Gasteiger partial charge in [0.2, 0.25) is 5.91 Å². The highest BCUT2D eigenvalue weighted by Gasteiger charge is 2.12. The van der Waals surface area contributed by atoms with E-state index < -0.39 is 0 Å². The Hall–Kier alpha value is -2.63. The summed E-state index contributed by atoms with van der Waals surface area (Å²) in [5.74, 6) is -0.364. The number of halogens is 1. The van der Waals surface area contributed by atoms with Crippen LogP contribution >= 0.6 is 22.9 Å². The highest BCUT2D eigenvalue weighted by molar-refractivity contribution is 7.10. The third kappa shape index (κ3) is 5.67. The molecule has 2 N–H and O–H groups in total. The Labute approximate surface area is 167 Å². The molecule has 0 radical (unpaired) electrons. The van der Waals surface area contributed by atoms with Crippen molar-refractivity contribution in [1.82, 2.24) is 5.32 Å². The Morgan fingerprint density at radius 1 is 1.00 bits per heavy atom. The van der Waals surface area contributed by atoms with Crippen molar-refractivity contribution in [3.63, 3.8) is 0 Å². The second-order valence-electron chi connectivity index (χ2n) is 5.99. The average molecular weight is 399 g/mol. The van der Waals surface area contributed by atoms with Crippen LogP contribution in [0, 0.1) is 0 Å². The minimum absolute atomic E-state index is 0.166. The normalized spacial score (nSPS) is 10.4. The molecule has 1 heterocycles. The Balaban J connectivity index is 1.58. The Morgan fingerprint density at radius 3 is 2.56 bits per heavy atom. The summed E-state index contributed by atoms with van der Waals surface area (Å²) < 4.78 is 0. The van der Waals surface area contributed by atoms with Crippen LogP contribution in [0.25, 0.3) is 0 Å². The van der Waals surface area contributed by atoms with E-state index in [0.717, 1.165) is 16.9 Å². The summed E-state index contributed by atoms with van der Waals surface area (Å²) in [4.78, 5) is 25.5. The van der Waals surface area contributed by atoms with Gasteiger partial charge in [-0.3, -0.25) is 9.59 Å². The molecule has 0 saturated carbocycles. The molecular formula is C21H19ClN2O2S. The molecule has 138 valence electrons. The number of carbonyl (C=O) groups is 2. The lowest BCUT2D eigenvalue weighted by molar-refractivity contribution is -0.115. The molecule has 3 rings (SSSR count). The van der Waals surface area contributed by atoms with E-state index in [-0.39, 0.29) is 18.2 Å². The molecular weight excluding hydrogens is 380 g/mol. The first-order valence-electron chi connectivity index (χ1n) is 8.56. The van der Waals surface area contributed by atoms with Crippen molar-refractivity contribution < 1.29 is 9.59 Å². The van der Waals surface area contributed by atoms with Crippen molar-refractivity contribution in [2.75, 3.05) is 11.9 Å². The van der Waals surface area contributed by atoms with E-state index in [9.17, 15) is 9.59 Å². The third-order valence-electron chi connectivity index (χ3n) is 3.96. The smallest absolute Gasteiger partial charge is 0.251 e.